The summed E-state index contributed by atoms with van der Waals surface area (Å²) in [5, 5.41) is 0. The van der Waals surface area contributed by atoms with Crippen LogP contribution in [0.5, 0.6) is 11.5 Å². The number of rotatable bonds is 5. The third-order valence-corrected chi connectivity index (χ3v) is 2.70. The highest BCUT2D eigenvalue weighted by Crippen LogP contribution is 2.18. The quantitative estimate of drug-likeness (QED) is 0.863. The van der Waals surface area contributed by atoms with Gasteiger partial charge < -0.3 is 15.2 Å². The van der Waals surface area contributed by atoms with Crippen LogP contribution in [0.1, 0.15) is 0 Å². The van der Waals surface area contributed by atoms with E-state index in [0.29, 0.717) is 24.8 Å². The van der Waals surface area contributed by atoms with Gasteiger partial charge in [-0.25, -0.2) is 4.98 Å². The predicted octanol–water partition coefficient (Wildman–Crippen LogP) is 2.88. The third kappa shape index (κ3) is 3.63. The van der Waals surface area contributed by atoms with Crippen LogP contribution in [-0.2, 0) is 0 Å². The van der Waals surface area contributed by atoms with Crippen molar-refractivity contribution in [2.45, 2.75) is 0 Å². The maximum absolute atomic E-state index is 5.65. The molecule has 5 heteroatoms. The summed E-state index contributed by atoms with van der Waals surface area (Å²) in [5.41, 5.74) is 5.65. The average molecular weight is 309 g/mol. The van der Waals surface area contributed by atoms with Gasteiger partial charge in [-0.3, -0.25) is 0 Å². The van der Waals surface area contributed by atoms with E-state index >= 15 is 0 Å². The highest BCUT2D eigenvalue weighted by atomic mass is 79.9. The summed E-state index contributed by atoms with van der Waals surface area (Å²) < 4.78 is 12.0. The zero-order valence-electron chi connectivity index (χ0n) is 9.67. The van der Waals surface area contributed by atoms with E-state index in [1.54, 1.807) is 18.3 Å². The number of aromatic nitrogens is 1. The molecule has 1 aromatic heterocycles. The van der Waals surface area contributed by atoms with Gasteiger partial charge in [0.25, 0.3) is 0 Å². The van der Waals surface area contributed by atoms with E-state index in [4.69, 9.17) is 15.2 Å². The number of nitrogen functional groups attached to an aromatic ring is 1. The van der Waals surface area contributed by atoms with Crippen LogP contribution in [-0.4, -0.2) is 18.2 Å². The molecular formula is C13H13BrN2O2. The lowest BCUT2D eigenvalue weighted by Gasteiger charge is -2.09. The van der Waals surface area contributed by atoms with Gasteiger partial charge in [0.15, 0.2) is 11.6 Å². The molecule has 2 aromatic rings. The first-order valence-corrected chi connectivity index (χ1v) is 6.26. The minimum atomic E-state index is 0.389. The number of hydrogen-bond donors (Lipinski definition) is 1. The number of nitrogens with zero attached hydrogens (tertiary/aromatic N) is 1. The van der Waals surface area contributed by atoms with Crippen molar-refractivity contribution in [2.24, 2.45) is 0 Å². The largest absolute Gasteiger partial charge is 0.490 e. The van der Waals surface area contributed by atoms with Crippen molar-refractivity contribution >= 4 is 21.7 Å². The van der Waals surface area contributed by atoms with E-state index in [0.717, 1.165) is 10.2 Å². The van der Waals surface area contributed by atoms with Crippen LogP contribution in [0.15, 0.2) is 47.1 Å². The normalized spacial score (nSPS) is 10.1. The Balaban J connectivity index is 1.78. The van der Waals surface area contributed by atoms with E-state index in [-0.39, 0.29) is 0 Å². The molecule has 2 rings (SSSR count). The maximum atomic E-state index is 5.65. The lowest BCUT2D eigenvalue weighted by molar-refractivity contribution is 0.217. The van der Waals surface area contributed by atoms with Crippen molar-refractivity contribution in [3.05, 3.63) is 47.1 Å². The van der Waals surface area contributed by atoms with Crippen LogP contribution in [0, 0.1) is 0 Å². The Morgan fingerprint density at radius 1 is 1.11 bits per heavy atom. The Morgan fingerprint density at radius 3 is 2.72 bits per heavy atom. The molecule has 0 aliphatic heterocycles. The van der Waals surface area contributed by atoms with Crippen molar-refractivity contribution in [2.75, 3.05) is 18.9 Å². The smallest absolute Gasteiger partial charge is 0.166 e. The van der Waals surface area contributed by atoms with E-state index < -0.39 is 0 Å². The van der Waals surface area contributed by atoms with Crippen LogP contribution in [0.2, 0.25) is 0 Å². The maximum Gasteiger partial charge on any atom is 0.166 e. The van der Waals surface area contributed by atoms with E-state index in [1.807, 2.05) is 24.3 Å². The summed E-state index contributed by atoms with van der Waals surface area (Å²) in [6.07, 6.45) is 1.63. The number of ether oxygens (including phenoxy) is 2. The molecule has 0 radical (unpaired) electrons. The second-order valence-electron chi connectivity index (χ2n) is 3.54. The Bertz CT molecular complexity index is 520. The lowest BCUT2D eigenvalue weighted by Crippen LogP contribution is -2.10. The van der Waals surface area contributed by atoms with Crippen LogP contribution < -0.4 is 15.2 Å². The van der Waals surface area contributed by atoms with E-state index in [2.05, 4.69) is 20.9 Å². The Labute approximate surface area is 114 Å². The van der Waals surface area contributed by atoms with Crippen molar-refractivity contribution in [1.82, 2.24) is 4.98 Å². The highest BCUT2D eigenvalue weighted by molar-refractivity contribution is 9.10. The zero-order valence-corrected chi connectivity index (χ0v) is 11.3. The molecule has 0 amide bonds. The fraction of sp³-hybridized carbons (Fsp3) is 0.154. The molecule has 4 nitrogen and oxygen atoms in total. The van der Waals surface area contributed by atoms with Crippen molar-refractivity contribution in [1.29, 1.82) is 0 Å². The van der Waals surface area contributed by atoms with Gasteiger partial charge in [-0.1, -0.05) is 22.0 Å². The van der Waals surface area contributed by atoms with Crippen molar-refractivity contribution < 1.29 is 9.47 Å². The molecule has 18 heavy (non-hydrogen) atoms. The van der Waals surface area contributed by atoms with Gasteiger partial charge in [0.2, 0.25) is 0 Å². The van der Waals surface area contributed by atoms with Crippen molar-refractivity contribution in [3.8, 4) is 11.5 Å². The van der Waals surface area contributed by atoms with Gasteiger partial charge in [-0.15, -0.1) is 0 Å². The van der Waals surface area contributed by atoms with Crippen LogP contribution in [0.25, 0.3) is 0 Å². The summed E-state index contributed by atoms with van der Waals surface area (Å²) in [7, 11) is 0. The van der Waals surface area contributed by atoms with Crippen LogP contribution in [0.4, 0.5) is 5.82 Å². The summed E-state index contributed by atoms with van der Waals surface area (Å²) in [5.74, 6) is 1.77. The van der Waals surface area contributed by atoms with E-state index in [1.165, 1.54) is 0 Å². The second kappa shape index (κ2) is 6.26. The first kappa shape index (κ1) is 12.7. The second-order valence-corrected chi connectivity index (χ2v) is 4.46. The number of hydrogen-bond acceptors (Lipinski definition) is 4. The monoisotopic (exact) mass is 308 g/mol. The molecule has 1 heterocycles. The van der Waals surface area contributed by atoms with E-state index in [9.17, 15) is 0 Å². The summed E-state index contributed by atoms with van der Waals surface area (Å²) >= 11 is 3.38. The number of anilines is 1. The highest BCUT2D eigenvalue weighted by Gasteiger charge is 2.00. The molecule has 2 N–H and O–H groups in total. The molecule has 0 saturated carbocycles. The molecular weight excluding hydrogens is 296 g/mol. The Kier molecular flexibility index (Phi) is 4.41. The zero-order chi connectivity index (χ0) is 12.8. The first-order chi connectivity index (χ1) is 8.75. The molecule has 94 valence electrons. The topological polar surface area (TPSA) is 57.4 Å². The minimum Gasteiger partial charge on any atom is -0.490 e. The third-order valence-electron chi connectivity index (χ3n) is 2.21. The molecule has 0 unspecified atom stereocenters. The van der Waals surface area contributed by atoms with Crippen molar-refractivity contribution in [3.63, 3.8) is 0 Å². The molecule has 0 spiro atoms. The number of nitrogens with two attached hydrogens (primary N) is 1. The van der Waals surface area contributed by atoms with Gasteiger partial charge in [0.1, 0.15) is 19.0 Å². The molecule has 0 aliphatic rings. The predicted molar refractivity (Wildman–Crippen MR) is 73.8 cm³/mol. The molecule has 0 bridgehead atoms. The lowest BCUT2D eigenvalue weighted by atomic mass is 10.3. The summed E-state index contributed by atoms with van der Waals surface area (Å²) in [4.78, 5) is 3.93. The Morgan fingerprint density at radius 2 is 1.94 bits per heavy atom. The van der Waals surface area contributed by atoms with Crippen LogP contribution >= 0.6 is 15.9 Å². The molecule has 0 aliphatic carbocycles. The fourth-order valence-corrected chi connectivity index (χ4v) is 1.77. The SMILES string of the molecule is Nc1ncccc1OCCOc1cccc(Br)c1. The minimum absolute atomic E-state index is 0.389. The fourth-order valence-electron chi connectivity index (χ4n) is 1.39. The number of pyridine rings is 1. The first-order valence-electron chi connectivity index (χ1n) is 5.47. The molecule has 1 aromatic carbocycles. The number of benzene rings is 1. The standard InChI is InChI=1S/C13H13BrN2O2/c14-10-3-1-4-11(9-10)17-7-8-18-12-5-2-6-16-13(12)15/h1-6,9H,7-8H2,(H2,15,16). The molecule has 0 atom stereocenters. The van der Waals surface area contributed by atoms with Gasteiger partial charge in [-0.2, -0.15) is 0 Å². The summed E-state index contributed by atoms with van der Waals surface area (Å²) in [6, 6.07) is 11.2. The van der Waals surface area contributed by atoms with Gasteiger partial charge in [0, 0.05) is 10.7 Å². The average Bonchev–Trinajstić information content (AvgIpc) is 2.37. The summed E-state index contributed by atoms with van der Waals surface area (Å²) in [6.45, 7) is 0.868. The molecule has 0 fully saturated rings. The Hall–Kier alpha value is -1.75. The van der Waals surface area contributed by atoms with Gasteiger partial charge in [0.05, 0.1) is 0 Å². The van der Waals surface area contributed by atoms with Crippen LogP contribution in [0.3, 0.4) is 0 Å². The number of halogens is 1. The van der Waals surface area contributed by atoms with Gasteiger partial charge >= 0.3 is 0 Å². The molecule has 0 saturated heterocycles. The van der Waals surface area contributed by atoms with Gasteiger partial charge in [-0.05, 0) is 30.3 Å².